The SMILES string of the molecule is Cc1ccc(C2=C3C=CC(=N3)C(=c3ccc(=C([O-])OCC[Si](C)(C)C)cc3)C3=NC(=CC4=C([O-])C(C)(C)C(=N4)C=C4C=CC2=N4)C=C3)cc1.[Zn+2]. The van der Waals surface area contributed by atoms with E-state index in [0.717, 1.165) is 56.4 Å². The zero-order valence-electron chi connectivity index (χ0n) is 29.4. The molecule has 8 bridgehead atoms. The average molecular weight is 728 g/mol. The summed E-state index contributed by atoms with van der Waals surface area (Å²) in [4.78, 5) is 19.9. The molecular formula is C41H38N4O3SiZn. The molecule has 0 amide bonds. The first-order chi connectivity index (χ1) is 23.4. The van der Waals surface area contributed by atoms with Crippen molar-refractivity contribution in [2.75, 3.05) is 6.61 Å². The van der Waals surface area contributed by atoms with Gasteiger partial charge in [0.25, 0.3) is 0 Å². The summed E-state index contributed by atoms with van der Waals surface area (Å²) in [5, 5.41) is 27.8. The molecule has 0 saturated carbocycles. The van der Waals surface area contributed by atoms with Gasteiger partial charge in [-0.2, -0.15) is 0 Å². The van der Waals surface area contributed by atoms with Gasteiger partial charge >= 0.3 is 19.5 Å². The van der Waals surface area contributed by atoms with E-state index in [-0.39, 0.29) is 31.2 Å². The second-order valence-corrected chi connectivity index (χ2v) is 20.1. The molecule has 7 nitrogen and oxygen atoms in total. The van der Waals surface area contributed by atoms with Gasteiger partial charge in [-0.25, -0.2) is 15.0 Å². The van der Waals surface area contributed by atoms with Crippen molar-refractivity contribution < 1.29 is 34.4 Å². The minimum atomic E-state index is -1.33. The van der Waals surface area contributed by atoms with Gasteiger partial charge in [-0.3, -0.25) is 4.99 Å². The van der Waals surface area contributed by atoms with Crippen LogP contribution in [0.25, 0.3) is 17.1 Å². The molecule has 0 aliphatic carbocycles. The molecule has 50 heavy (non-hydrogen) atoms. The third kappa shape index (κ3) is 6.98. The Morgan fingerprint density at radius 1 is 0.720 bits per heavy atom. The number of ether oxygens (including phenoxy) is 1. The van der Waals surface area contributed by atoms with Gasteiger partial charge in [0, 0.05) is 24.6 Å². The number of hydrogen-bond donors (Lipinski definition) is 0. The molecule has 0 atom stereocenters. The topological polar surface area (TPSA) is 105 Å². The van der Waals surface area contributed by atoms with Gasteiger partial charge in [0.2, 0.25) is 0 Å². The summed E-state index contributed by atoms with van der Waals surface area (Å²) in [7, 11) is -1.33. The van der Waals surface area contributed by atoms with Crippen LogP contribution in [0.3, 0.4) is 0 Å². The molecule has 5 aliphatic rings. The summed E-state index contributed by atoms with van der Waals surface area (Å²) in [6, 6.07) is 16.7. The fraction of sp³-hybridized carbons (Fsp3) is 0.220. The molecule has 5 aliphatic heterocycles. The van der Waals surface area contributed by atoms with E-state index in [4.69, 9.17) is 24.7 Å². The molecular weight excluding hydrogens is 690 g/mol. The van der Waals surface area contributed by atoms with Crippen LogP contribution < -0.4 is 20.7 Å². The van der Waals surface area contributed by atoms with E-state index in [1.54, 1.807) is 18.2 Å². The van der Waals surface area contributed by atoms with Gasteiger partial charge in [0.15, 0.2) is 0 Å². The molecule has 0 spiro atoms. The van der Waals surface area contributed by atoms with Crippen molar-refractivity contribution >= 4 is 48.0 Å². The minimum absolute atomic E-state index is 0. The van der Waals surface area contributed by atoms with Crippen LogP contribution in [-0.2, 0) is 24.2 Å². The van der Waals surface area contributed by atoms with Crippen LogP contribution in [0.1, 0.15) is 25.0 Å². The predicted molar refractivity (Wildman–Crippen MR) is 199 cm³/mol. The van der Waals surface area contributed by atoms with E-state index < -0.39 is 13.5 Å². The van der Waals surface area contributed by atoms with Crippen molar-refractivity contribution in [1.29, 1.82) is 0 Å². The largest absolute Gasteiger partial charge is 2.00 e. The Labute approximate surface area is 306 Å². The standard InChI is InChI=1S/C41H40N4O3Si.Zn/c1-25-7-9-26(10-8-25)37-32-18-16-30(43-32)24-36-41(2,3)39(46)35(45-36)23-29-15-17-31(42-29)38(34-20-19-33(37)44-34)27-11-13-28(14-12-27)40(47)48-21-22-49(4,5)6;/h7-20,23-24,46-47H,21-22H2,1-6H3;/q;+2/p-2. The predicted octanol–water partition coefficient (Wildman–Crippen LogP) is 5.20. The Hall–Kier alpha value is -4.72. The molecule has 2 aromatic carbocycles. The first-order valence-electron chi connectivity index (χ1n) is 16.6. The molecule has 2 aromatic rings. The summed E-state index contributed by atoms with van der Waals surface area (Å²) in [5.74, 6) is -0.396. The third-order valence-corrected chi connectivity index (χ3v) is 10.8. The second kappa shape index (κ2) is 13.5. The van der Waals surface area contributed by atoms with Gasteiger partial charge in [0.1, 0.15) is 0 Å². The van der Waals surface area contributed by atoms with Crippen molar-refractivity contribution in [1.82, 2.24) is 0 Å². The molecule has 0 aromatic heterocycles. The van der Waals surface area contributed by atoms with E-state index >= 15 is 0 Å². The van der Waals surface area contributed by atoms with Gasteiger partial charge in [0.05, 0.1) is 51.6 Å². The quantitative estimate of drug-likeness (QED) is 0.396. The van der Waals surface area contributed by atoms with Crippen LogP contribution in [0.2, 0.25) is 25.7 Å². The summed E-state index contributed by atoms with van der Waals surface area (Å²) in [5.41, 5.74) is 8.38. The molecule has 0 fully saturated rings. The molecule has 5 heterocycles. The van der Waals surface area contributed by atoms with Gasteiger partial charge < -0.3 is 14.9 Å². The Kier molecular flexibility index (Phi) is 9.51. The van der Waals surface area contributed by atoms with Crippen molar-refractivity contribution in [3.05, 3.63) is 147 Å². The number of nitrogens with zero attached hydrogens (tertiary/aromatic N) is 4. The van der Waals surface area contributed by atoms with Crippen LogP contribution in [-0.4, -0.2) is 37.5 Å². The number of fused-ring (bicyclic) bond motifs is 4. The zero-order valence-corrected chi connectivity index (χ0v) is 33.3. The number of aryl methyl sites for hydroxylation is 1. The van der Waals surface area contributed by atoms with E-state index in [1.165, 1.54) is 0 Å². The zero-order chi connectivity index (χ0) is 34.5. The van der Waals surface area contributed by atoms with Crippen molar-refractivity contribution in [2.45, 2.75) is 46.5 Å². The van der Waals surface area contributed by atoms with E-state index in [9.17, 15) is 10.2 Å². The summed E-state index contributed by atoms with van der Waals surface area (Å²) in [6.07, 6.45) is 15.4. The number of aliphatic imine (C=N–C) groups is 4. The molecule has 7 rings (SSSR count). The smallest absolute Gasteiger partial charge is 0.873 e. The van der Waals surface area contributed by atoms with Gasteiger partial charge in [-0.05, 0) is 84.2 Å². The number of hydrogen-bond acceptors (Lipinski definition) is 7. The number of benzene rings is 2. The van der Waals surface area contributed by atoms with Crippen LogP contribution in [0.5, 0.6) is 0 Å². The maximum atomic E-state index is 13.6. The van der Waals surface area contributed by atoms with Gasteiger partial charge in [-0.1, -0.05) is 93.3 Å². The maximum Gasteiger partial charge on any atom is 2.00 e. The Bertz CT molecular complexity index is 2250. The monoisotopic (exact) mass is 726 g/mol. The summed E-state index contributed by atoms with van der Waals surface area (Å²) < 4.78 is 5.60. The minimum Gasteiger partial charge on any atom is -0.873 e. The molecule has 0 saturated heterocycles. The van der Waals surface area contributed by atoms with Crippen LogP contribution >= 0.6 is 0 Å². The van der Waals surface area contributed by atoms with Crippen LogP contribution in [0.4, 0.5) is 0 Å². The van der Waals surface area contributed by atoms with Crippen molar-refractivity contribution in [3.8, 4) is 0 Å². The van der Waals surface area contributed by atoms with Crippen LogP contribution in [0, 0.1) is 12.3 Å². The Balaban J connectivity index is 0.00000432. The van der Waals surface area contributed by atoms with E-state index in [1.807, 2.05) is 68.5 Å². The fourth-order valence-corrected chi connectivity index (χ4v) is 6.78. The molecule has 246 valence electrons. The van der Waals surface area contributed by atoms with Crippen molar-refractivity contribution in [2.24, 2.45) is 25.4 Å². The first-order valence-corrected chi connectivity index (χ1v) is 20.3. The number of allylic oxidation sites excluding steroid dienone is 10. The summed E-state index contributed by atoms with van der Waals surface area (Å²) >= 11 is 0. The third-order valence-electron chi connectivity index (χ3n) is 9.07. The fourth-order valence-electron chi connectivity index (χ4n) is 6.06. The maximum absolute atomic E-state index is 13.6. The van der Waals surface area contributed by atoms with Gasteiger partial charge in [-0.15, -0.1) is 0 Å². The van der Waals surface area contributed by atoms with Crippen molar-refractivity contribution in [3.63, 3.8) is 0 Å². The summed E-state index contributed by atoms with van der Waals surface area (Å²) in [6.45, 7) is 13.1. The second-order valence-electron chi connectivity index (χ2n) is 14.5. The van der Waals surface area contributed by atoms with E-state index in [2.05, 4.69) is 50.8 Å². The van der Waals surface area contributed by atoms with Crippen LogP contribution in [0.15, 0.2) is 146 Å². The average Bonchev–Trinajstić information content (AvgIpc) is 3.86. The van der Waals surface area contributed by atoms with E-state index in [0.29, 0.717) is 34.6 Å². The first kappa shape index (κ1) is 35.1. The molecule has 0 N–H and O–H groups in total. The number of rotatable bonds is 5. The molecule has 0 radical (unpaired) electrons. The Morgan fingerprint density at radius 2 is 1.32 bits per heavy atom. The molecule has 9 heteroatoms. The normalized spacial score (nSPS) is 18.8. The Morgan fingerprint density at radius 3 is 1.98 bits per heavy atom. The molecule has 0 unspecified atom stereocenters.